The molecule has 2 aromatic heterocycles. The molecule has 0 saturated heterocycles. The van der Waals surface area contributed by atoms with E-state index in [1.165, 1.54) is 24.5 Å². The summed E-state index contributed by atoms with van der Waals surface area (Å²) in [6.07, 6.45) is -4.88. The van der Waals surface area contributed by atoms with Crippen LogP contribution in [0.2, 0.25) is 0 Å². The fourth-order valence-corrected chi connectivity index (χ4v) is 2.99. The Balaban J connectivity index is 2.15. The van der Waals surface area contributed by atoms with Gasteiger partial charge in [0.1, 0.15) is 5.52 Å². The molecule has 0 atom stereocenters. The molecule has 0 aliphatic carbocycles. The van der Waals surface area contributed by atoms with E-state index in [4.69, 9.17) is 0 Å². The molecular formula is C14H10F3N3OS. The van der Waals surface area contributed by atoms with Gasteiger partial charge in [0, 0.05) is 22.6 Å². The second kappa shape index (κ2) is 4.91. The van der Waals surface area contributed by atoms with E-state index in [0.29, 0.717) is 16.9 Å². The van der Waals surface area contributed by atoms with E-state index in [0.717, 1.165) is 4.70 Å². The molecule has 0 N–H and O–H groups in total. The van der Waals surface area contributed by atoms with Crippen LogP contribution in [0.1, 0.15) is 21.7 Å². The smallest absolute Gasteiger partial charge is 0.318 e. The lowest BCUT2D eigenvalue weighted by atomic mass is 10.1. The number of aromatic nitrogens is 3. The highest BCUT2D eigenvalue weighted by Gasteiger charge is 2.41. The summed E-state index contributed by atoms with van der Waals surface area (Å²) in [5, 5.41) is 3.95. The quantitative estimate of drug-likeness (QED) is 0.673. The van der Waals surface area contributed by atoms with Gasteiger partial charge >= 0.3 is 6.18 Å². The first kappa shape index (κ1) is 14.7. The number of rotatable bonds is 2. The summed E-state index contributed by atoms with van der Waals surface area (Å²) in [5.41, 5.74) is 1.78. The number of carbonyl (C=O) groups excluding carboxylic acids is 1. The van der Waals surface area contributed by atoms with Crippen LogP contribution in [0.5, 0.6) is 0 Å². The van der Waals surface area contributed by atoms with Crippen molar-refractivity contribution in [3.8, 4) is 5.69 Å². The molecule has 3 aromatic rings. The third-order valence-corrected chi connectivity index (χ3v) is 4.13. The number of halogens is 3. The second-order valence-corrected chi connectivity index (χ2v) is 5.66. The van der Waals surface area contributed by atoms with Crippen LogP contribution in [-0.4, -0.2) is 26.1 Å². The fourth-order valence-electron chi connectivity index (χ4n) is 2.45. The van der Waals surface area contributed by atoms with Crippen molar-refractivity contribution in [2.75, 3.05) is 0 Å². The van der Waals surface area contributed by atoms with Gasteiger partial charge in [-0.15, -0.1) is 5.10 Å². The van der Waals surface area contributed by atoms with Gasteiger partial charge in [-0.2, -0.15) is 13.2 Å². The van der Waals surface area contributed by atoms with Crippen molar-refractivity contribution in [1.29, 1.82) is 0 Å². The van der Waals surface area contributed by atoms with E-state index >= 15 is 0 Å². The maximum atomic E-state index is 12.6. The SMILES string of the molecule is Cc1cc(C(=O)C(F)(F)F)c(C)n1-c1ccc2snnc2c1. The number of alkyl halides is 3. The second-order valence-electron chi connectivity index (χ2n) is 4.87. The number of hydrogen-bond donors (Lipinski definition) is 0. The number of nitrogens with zero attached hydrogens (tertiary/aromatic N) is 3. The van der Waals surface area contributed by atoms with Crippen molar-refractivity contribution in [3.63, 3.8) is 0 Å². The van der Waals surface area contributed by atoms with Crippen LogP contribution in [0, 0.1) is 13.8 Å². The van der Waals surface area contributed by atoms with Gasteiger partial charge < -0.3 is 4.57 Å². The Morgan fingerprint density at radius 2 is 1.95 bits per heavy atom. The highest BCUT2D eigenvalue weighted by atomic mass is 32.1. The minimum atomic E-state index is -4.88. The summed E-state index contributed by atoms with van der Waals surface area (Å²) in [5.74, 6) is -1.83. The number of Topliss-reactive ketones (excluding diaryl/α,β-unsaturated/α-hetero) is 1. The Hall–Kier alpha value is -2.22. The molecule has 0 unspecified atom stereocenters. The van der Waals surface area contributed by atoms with Crippen LogP contribution in [0.25, 0.3) is 15.9 Å². The molecule has 0 radical (unpaired) electrons. The van der Waals surface area contributed by atoms with Crippen molar-refractivity contribution in [2.45, 2.75) is 20.0 Å². The molecule has 4 nitrogen and oxygen atoms in total. The average Bonchev–Trinajstić information content (AvgIpc) is 3.00. The van der Waals surface area contributed by atoms with E-state index in [9.17, 15) is 18.0 Å². The van der Waals surface area contributed by atoms with Gasteiger partial charge in [0.15, 0.2) is 0 Å². The zero-order valence-electron chi connectivity index (χ0n) is 11.6. The highest BCUT2D eigenvalue weighted by Crippen LogP contribution is 2.28. The number of ketones is 1. The maximum Gasteiger partial charge on any atom is 0.454 e. The monoisotopic (exact) mass is 325 g/mol. The molecule has 114 valence electrons. The third-order valence-electron chi connectivity index (χ3n) is 3.42. The van der Waals surface area contributed by atoms with Crippen LogP contribution in [0.15, 0.2) is 24.3 Å². The molecular weight excluding hydrogens is 315 g/mol. The van der Waals surface area contributed by atoms with E-state index in [2.05, 4.69) is 9.59 Å². The third kappa shape index (κ3) is 2.29. The standard InChI is InChI=1S/C14H10F3N3OS/c1-7-5-10(13(21)14(15,16)17)8(2)20(7)9-3-4-12-11(6-9)18-19-22-12/h3-6H,1-2H3. The van der Waals surface area contributed by atoms with Crippen LogP contribution >= 0.6 is 11.5 Å². The van der Waals surface area contributed by atoms with E-state index in [-0.39, 0.29) is 11.3 Å². The summed E-state index contributed by atoms with van der Waals surface area (Å²) in [6, 6.07) is 6.57. The maximum absolute atomic E-state index is 12.6. The molecule has 0 bridgehead atoms. The van der Waals surface area contributed by atoms with E-state index in [1.54, 1.807) is 29.7 Å². The predicted octanol–water partition coefficient (Wildman–Crippen LogP) is 3.84. The number of fused-ring (bicyclic) bond motifs is 1. The Morgan fingerprint density at radius 1 is 1.23 bits per heavy atom. The molecule has 8 heteroatoms. The van der Waals surface area contributed by atoms with Crippen molar-refractivity contribution < 1.29 is 18.0 Å². The fraction of sp³-hybridized carbons (Fsp3) is 0.214. The summed E-state index contributed by atoms with van der Waals surface area (Å²) in [7, 11) is 0. The zero-order chi connectivity index (χ0) is 16.1. The number of aryl methyl sites for hydroxylation is 1. The summed E-state index contributed by atoms with van der Waals surface area (Å²) in [4.78, 5) is 11.5. The number of hydrogen-bond acceptors (Lipinski definition) is 4. The normalized spacial score (nSPS) is 12.0. The minimum absolute atomic E-state index is 0.252. The predicted molar refractivity (Wildman–Crippen MR) is 76.6 cm³/mol. The first-order valence-corrected chi connectivity index (χ1v) is 7.09. The lowest BCUT2D eigenvalue weighted by molar-refractivity contribution is -0.0885. The molecule has 0 aliphatic rings. The van der Waals surface area contributed by atoms with Crippen LogP contribution < -0.4 is 0 Å². The molecule has 0 spiro atoms. The summed E-state index contributed by atoms with van der Waals surface area (Å²) in [6.45, 7) is 3.15. The first-order chi connectivity index (χ1) is 10.3. The summed E-state index contributed by atoms with van der Waals surface area (Å²) < 4.78 is 44.3. The molecule has 0 amide bonds. The van der Waals surface area contributed by atoms with Crippen molar-refractivity contribution in [2.24, 2.45) is 0 Å². The van der Waals surface area contributed by atoms with Gasteiger partial charge in [0.05, 0.1) is 4.70 Å². The number of benzene rings is 1. The van der Waals surface area contributed by atoms with Gasteiger partial charge in [-0.05, 0) is 49.6 Å². The van der Waals surface area contributed by atoms with Gasteiger partial charge in [-0.1, -0.05) is 4.49 Å². The van der Waals surface area contributed by atoms with Crippen molar-refractivity contribution in [3.05, 3.63) is 41.2 Å². The lowest BCUT2D eigenvalue weighted by Gasteiger charge is -2.10. The molecule has 3 rings (SSSR count). The van der Waals surface area contributed by atoms with Crippen molar-refractivity contribution in [1.82, 2.24) is 14.2 Å². The van der Waals surface area contributed by atoms with Gasteiger partial charge in [0.2, 0.25) is 0 Å². The van der Waals surface area contributed by atoms with Gasteiger partial charge in [0.25, 0.3) is 5.78 Å². The molecule has 0 fully saturated rings. The molecule has 22 heavy (non-hydrogen) atoms. The van der Waals surface area contributed by atoms with Gasteiger partial charge in [-0.3, -0.25) is 4.79 Å². The Bertz CT molecular complexity index is 879. The number of carbonyl (C=O) groups is 1. The van der Waals surface area contributed by atoms with E-state index < -0.39 is 12.0 Å². The zero-order valence-corrected chi connectivity index (χ0v) is 12.4. The first-order valence-electron chi connectivity index (χ1n) is 6.32. The van der Waals surface area contributed by atoms with Crippen molar-refractivity contribution >= 4 is 27.5 Å². The van der Waals surface area contributed by atoms with Crippen LogP contribution in [0.4, 0.5) is 13.2 Å². The van der Waals surface area contributed by atoms with E-state index in [1.807, 2.05) is 0 Å². The topological polar surface area (TPSA) is 47.8 Å². The molecule has 1 aromatic carbocycles. The molecule has 2 heterocycles. The average molecular weight is 325 g/mol. The molecule has 0 aliphatic heterocycles. The van der Waals surface area contributed by atoms with Crippen LogP contribution in [0.3, 0.4) is 0 Å². The lowest BCUT2D eigenvalue weighted by Crippen LogP contribution is -2.23. The largest absolute Gasteiger partial charge is 0.454 e. The summed E-state index contributed by atoms with van der Waals surface area (Å²) >= 11 is 1.24. The highest BCUT2D eigenvalue weighted by molar-refractivity contribution is 7.12. The van der Waals surface area contributed by atoms with Crippen LogP contribution in [-0.2, 0) is 0 Å². The Labute approximate surface area is 127 Å². The van der Waals surface area contributed by atoms with Gasteiger partial charge in [-0.25, -0.2) is 0 Å². The Morgan fingerprint density at radius 3 is 2.64 bits per heavy atom. The molecule has 0 saturated carbocycles. The minimum Gasteiger partial charge on any atom is -0.318 e. The Kier molecular flexibility index (Phi) is 3.28.